The van der Waals surface area contributed by atoms with Crippen LogP contribution in [0.5, 0.6) is 0 Å². The Morgan fingerprint density at radius 2 is 0.554 bits per heavy atom. The Morgan fingerprint density at radius 1 is 0.308 bits per heavy atom. The number of carbonyl (C=O) groups is 3. The number of allylic oxidation sites excluding steroid dienone is 8. The standard InChI is InChI=1S/C59H106O6/c1-4-7-10-13-16-19-22-24-26-28-29-30-31-32-34-35-37-40-43-46-49-52-58(61)64-55-56(54-63-57(60)51-48-45-42-39-21-18-15-12-9-6-3)65-59(62)53-50-47-44-41-38-36-33-27-25-23-20-17-14-11-8-5-2/h20,22-24,27-29,33,56H,4-19,21,25-26,30-32,34-55H2,1-3H3/b23-20-,24-22-,29-28-,33-27-. The molecule has 65 heavy (non-hydrogen) atoms. The Balaban J connectivity index is 4.31. The highest BCUT2D eigenvalue weighted by Gasteiger charge is 2.19. The van der Waals surface area contributed by atoms with Crippen molar-refractivity contribution in [3.63, 3.8) is 0 Å². The number of hydrogen-bond acceptors (Lipinski definition) is 6. The molecule has 0 aliphatic rings. The fourth-order valence-electron chi connectivity index (χ4n) is 8.03. The summed E-state index contributed by atoms with van der Waals surface area (Å²) in [5.74, 6) is -0.887. The van der Waals surface area contributed by atoms with Gasteiger partial charge in [0.25, 0.3) is 0 Å². The zero-order valence-corrected chi connectivity index (χ0v) is 43.3. The van der Waals surface area contributed by atoms with Crippen LogP contribution in [-0.2, 0) is 28.6 Å². The van der Waals surface area contributed by atoms with Gasteiger partial charge in [-0.05, 0) is 83.5 Å². The lowest BCUT2D eigenvalue weighted by Crippen LogP contribution is -2.30. The molecule has 0 aliphatic carbocycles. The molecule has 0 heterocycles. The summed E-state index contributed by atoms with van der Waals surface area (Å²) in [6, 6.07) is 0. The summed E-state index contributed by atoms with van der Waals surface area (Å²) in [5.41, 5.74) is 0. The molecule has 0 rings (SSSR count). The molecular weight excluding hydrogens is 805 g/mol. The average Bonchev–Trinajstić information content (AvgIpc) is 3.30. The Hall–Kier alpha value is -2.63. The summed E-state index contributed by atoms with van der Waals surface area (Å²) in [6.45, 7) is 6.61. The van der Waals surface area contributed by atoms with E-state index >= 15 is 0 Å². The smallest absolute Gasteiger partial charge is 0.306 e. The molecule has 0 radical (unpaired) electrons. The van der Waals surface area contributed by atoms with Crippen molar-refractivity contribution in [1.29, 1.82) is 0 Å². The number of rotatable bonds is 51. The van der Waals surface area contributed by atoms with Crippen LogP contribution < -0.4 is 0 Å². The predicted molar refractivity (Wildman–Crippen MR) is 279 cm³/mol. The van der Waals surface area contributed by atoms with E-state index in [0.717, 1.165) is 89.9 Å². The lowest BCUT2D eigenvalue weighted by molar-refractivity contribution is -0.167. The van der Waals surface area contributed by atoms with E-state index in [2.05, 4.69) is 69.4 Å². The van der Waals surface area contributed by atoms with Crippen molar-refractivity contribution in [2.45, 2.75) is 297 Å². The number of esters is 3. The van der Waals surface area contributed by atoms with Crippen LogP contribution in [-0.4, -0.2) is 37.2 Å². The van der Waals surface area contributed by atoms with Crippen molar-refractivity contribution in [3.05, 3.63) is 48.6 Å². The number of ether oxygens (including phenoxy) is 3. The first-order chi connectivity index (χ1) is 32.0. The molecule has 6 heteroatoms. The monoisotopic (exact) mass is 911 g/mol. The first-order valence-electron chi connectivity index (χ1n) is 28.1. The number of carbonyl (C=O) groups excluding carboxylic acids is 3. The van der Waals surface area contributed by atoms with E-state index in [9.17, 15) is 14.4 Å². The van der Waals surface area contributed by atoms with Crippen LogP contribution in [0.3, 0.4) is 0 Å². The van der Waals surface area contributed by atoms with Crippen LogP contribution in [0.2, 0.25) is 0 Å². The minimum absolute atomic E-state index is 0.0778. The Bertz CT molecular complexity index is 1140. The molecule has 0 N–H and O–H groups in total. The normalized spacial score (nSPS) is 12.4. The molecule has 0 saturated carbocycles. The van der Waals surface area contributed by atoms with Gasteiger partial charge in [0.2, 0.25) is 0 Å². The molecule has 0 aromatic carbocycles. The Labute approximate surface area is 403 Å². The molecule has 1 atom stereocenters. The largest absolute Gasteiger partial charge is 0.462 e. The Kier molecular flexibility index (Phi) is 51.8. The van der Waals surface area contributed by atoms with E-state index in [-0.39, 0.29) is 31.1 Å². The molecule has 0 amide bonds. The minimum Gasteiger partial charge on any atom is -0.462 e. The highest BCUT2D eigenvalue weighted by atomic mass is 16.6. The first-order valence-corrected chi connectivity index (χ1v) is 28.1. The fourth-order valence-corrected chi connectivity index (χ4v) is 8.03. The predicted octanol–water partition coefficient (Wildman–Crippen LogP) is 18.7. The topological polar surface area (TPSA) is 78.9 Å². The highest BCUT2D eigenvalue weighted by molar-refractivity contribution is 5.71. The summed E-state index contributed by atoms with van der Waals surface area (Å²) in [5, 5.41) is 0. The molecule has 378 valence electrons. The molecule has 0 spiro atoms. The second-order valence-electron chi connectivity index (χ2n) is 18.8. The third kappa shape index (κ3) is 52.2. The number of unbranched alkanes of at least 4 members (excludes halogenated alkanes) is 32. The van der Waals surface area contributed by atoms with Crippen molar-refractivity contribution >= 4 is 17.9 Å². The lowest BCUT2D eigenvalue weighted by Gasteiger charge is -2.18. The zero-order chi connectivity index (χ0) is 47.2. The minimum atomic E-state index is -0.779. The van der Waals surface area contributed by atoms with Gasteiger partial charge in [-0.2, -0.15) is 0 Å². The SMILES string of the molecule is CCCCCC/C=C\C/C=C\CCCCCCCC(=O)OC(COC(=O)CCCCCCCCCCCC)COC(=O)CCCCCCCCCCC/C=C\C/C=C\CCCCCCC. The molecule has 0 fully saturated rings. The first kappa shape index (κ1) is 62.4. The molecule has 0 bridgehead atoms. The van der Waals surface area contributed by atoms with Gasteiger partial charge in [0.1, 0.15) is 13.2 Å². The number of hydrogen-bond donors (Lipinski definition) is 0. The van der Waals surface area contributed by atoms with E-state index < -0.39 is 6.10 Å². The van der Waals surface area contributed by atoms with Gasteiger partial charge in [0.15, 0.2) is 6.10 Å². The maximum atomic E-state index is 12.8. The van der Waals surface area contributed by atoms with Gasteiger partial charge in [-0.1, -0.05) is 236 Å². The van der Waals surface area contributed by atoms with Crippen LogP contribution in [0.1, 0.15) is 290 Å². The van der Waals surface area contributed by atoms with Crippen LogP contribution >= 0.6 is 0 Å². The summed E-state index contributed by atoms with van der Waals surface area (Å²) in [7, 11) is 0. The molecule has 0 aromatic heterocycles. The van der Waals surface area contributed by atoms with Crippen LogP contribution in [0.15, 0.2) is 48.6 Å². The fraction of sp³-hybridized carbons (Fsp3) is 0.814. The second-order valence-corrected chi connectivity index (χ2v) is 18.8. The van der Waals surface area contributed by atoms with Gasteiger partial charge in [-0.25, -0.2) is 0 Å². The molecule has 0 aromatic rings. The quantitative estimate of drug-likeness (QED) is 0.0262. The van der Waals surface area contributed by atoms with Crippen LogP contribution in [0.4, 0.5) is 0 Å². The van der Waals surface area contributed by atoms with E-state index in [1.165, 1.54) is 161 Å². The van der Waals surface area contributed by atoms with E-state index in [4.69, 9.17) is 14.2 Å². The van der Waals surface area contributed by atoms with Gasteiger partial charge in [0.05, 0.1) is 0 Å². The van der Waals surface area contributed by atoms with Crippen molar-refractivity contribution in [2.24, 2.45) is 0 Å². The van der Waals surface area contributed by atoms with Gasteiger partial charge >= 0.3 is 17.9 Å². The van der Waals surface area contributed by atoms with Crippen molar-refractivity contribution in [1.82, 2.24) is 0 Å². The lowest BCUT2D eigenvalue weighted by atomic mass is 10.1. The molecule has 1 unspecified atom stereocenters. The molecular formula is C59H106O6. The molecule has 0 saturated heterocycles. The third-order valence-electron chi connectivity index (χ3n) is 12.3. The summed E-state index contributed by atoms with van der Waals surface area (Å²) < 4.78 is 16.8. The van der Waals surface area contributed by atoms with Crippen molar-refractivity contribution in [3.8, 4) is 0 Å². The summed E-state index contributed by atoms with van der Waals surface area (Å²) in [6.07, 6.45) is 65.3. The van der Waals surface area contributed by atoms with E-state index in [1.807, 2.05) is 0 Å². The van der Waals surface area contributed by atoms with E-state index in [1.54, 1.807) is 0 Å². The summed E-state index contributed by atoms with van der Waals surface area (Å²) >= 11 is 0. The highest BCUT2D eigenvalue weighted by Crippen LogP contribution is 2.15. The molecule has 0 aliphatic heterocycles. The maximum absolute atomic E-state index is 12.8. The second kappa shape index (κ2) is 54.0. The van der Waals surface area contributed by atoms with E-state index in [0.29, 0.717) is 19.3 Å². The Morgan fingerprint density at radius 3 is 0.862 bits per heavy atom. The third-order valence-corrected chi connectivity index (χ3v) is 12.3. The van der Waals surface area contributed by atoms with Gasteiger partial charge in [0, 0.05) is 19.3 Å². The van der Waals surface area contributed by atoms with Crippen molar-refractivity contribution in [2.75, 3.05) is 13.2 Å². The average molecular weight is 911 g/mol. The van der Waals surface area contributed by atoms with Gasteiger partial charge in [-0.15, -0.1) is 0 Å². The summed E-state index contributed by atoms with van der Waals surface area (Å²) in [4.78, 5) is 38.0. The van der Waals surface area contributed by atoms with Crippen LogP contribution in [0, 0.1) is 0 Å². The van der Waals surface area contributed by atoms with Crippen LogP contribution in [0.25, 0.3) is 0 Å². The molecule has 6 nitrogen and oxygen atoms in total. The maximum Gasteiger partial charge on any atom is 0.306 e. The van der Waals surface area contributed by atoms with Crippen molar-refractivity contribution < 1.29 is 28.6 Å². The van der Waals surface area contributed by atoms with Gasteiger partial charge in [-0.3, -0.25) is 14.4 Å². The van der Waals surface area contributed by atoms with Gasteiger partial charge < -0.3 is 14.2 Å². The zero-order valence-electron chi connectivity index (χ0n) is 43.3.